The Balaban J connectivity index is 2.02. The summed E-state index contributed by atoms with van der Waals surface area (Å²) in [6.45, 7) is 0. The van der Waals surface area contributed by atoms with Crippen molar-refractivity contribution in [2.75, 3.05) is 5.73 Å². The zero-order valence-corrected chi connectivity index (χ0v) is 10.8. The van der Waals surface area contributed by atoms with Gasteiger partial charge in [0.15, 0.2) is 0 Å². The highest BCUT2D eigenvalue weighted by atomic mass is 79.9. The van der Waals surface area contributed by atoms with E-state index in [9.17, 15) is 0 Å². The van der Waals surface area contributed by atoms with Crippen LogP contribution in [0.1, 0.15) is 5.56 Å². The zero-order chi connectivity index (χ0) is 11.4. The Morgan fingerprint density at radius 1 is 1.25 bits per heavy atom. The molecule has 0 radical (unpaired) electrons. The van der Waals surface area contributed by atoms with Crippen LogP contribution in [0.25, 0.3) is 0 Å². The van der Waals surface area contributed by atoms with Gasteiger partial charge >= 0.3 is 0 Å². The number of rotatable bonds is 3. The molecule has 0 unspecified atom stereocenters. The molecule has 2 heterocycles. The molecule has 0 spiro atoms. The largest absolute Gasteiger partial charge is 0.383 e. The van der Waals surface area contributed by atoms with Gasteiger partial charge in [0.1, 0.15) is 5.82 Å². The number of nitrogens with two attached hydrogens (primary N) is 1. The molecule has 0 aromatic carbocycles. The molecule has 0 aliphatic rings. The lowest BCUT2D eigenvalue weighted by molar-refractivity contribution is 1.12. The van der Waals surface area contributed by atoms with E-state index in [1.165, 1.54) is 0 Å². The first-order valence-corrected chi connectivity index (χ1v) is 6.47. The zero-order valence-electron chi connectivity index (χ0n) is 8.43. The van der Waals surface area contributed by atoms with Crippen molar-refractivity contribution in [3.8, 4) is 0 Å². The first kappa shape index (κ1) is 11.4. The van der Waals surface area contributed by atoms with Crippen LogP contribution in [-0.2, 0) is 5.75 Å². The van der Waals surface area contributed by atoms with Crippen molar-refractivity contribution < 1.29 is 0 Å². The Morgan fingerprint density at radius 2 is 2.12 bits per heavy atom. The van der Waals surface area contributed by atoms with Crippen molar-refractivity contribution in [2.24, 2.45) is 0 Å². The van der Waals surface area contributed by atoms with Crippen molar-refractivity contribution in [3.05, 3.63) is 46.7 Å². The Morgan fingerprint density at radius 3 is 2.81 bits per heavy atom. The summed E-state index contributed by atoms with van der Waals surface area (Å²) in [4.78, 5) is 8.32. The predicted molar refractivity (Wildman–Crippen MR) is 70.1 cm³/mol. The lowest BCUT2D eigenvalue weighted by Gasteiger charge is -2.03. The van der Waals surface area contributed by atoms with Crippen molar-refractivity contribution in [1.29, 1.82) is 0 Å². The van der Waals surface area contributed by atoms with Gasteiger partial charge in [0.2, 0.25) is 0 Å². The highest BCUT2D eigenvalue weighted by Gasteiger charge is 2.01. The lowest BCUT2D eigenvalue weighted by atomic mass is 10.3. The van der Waals surface area contributed by atoms with Gasteiger partial charge in [-0.05, 0) is 34.1 Å². The number of halogens is 1. The van der Waals surface area contributed by atoms with Crippen LogP contribution < -0.4 is 5.73 Å². The average Bonchev–Trinajstić information content (AvgIpc) is 2.30. The van der Waals surface area contributed by atoms with Crippen LogP contribution in [0, 0.1) is 0 Å². The molecular weight excluding hydrogens is 286 g/mol. The molecule has 2 aromatic heterocycles. The number of hydrogen-bond donors (Lipinski definition) is 1. The fourth-order valence-corrected chi connectivity index (χ4v) is 2.25. The van der Waals surface area contributed by atoms with Gasteiger partial charge in [0.25, 0.3) is 0 Å². The molecule has 2 rings (SSSR count). The van der Waals surface area contributed by atoms with Gasteiger partial charge in [-0.2, -0.15) is 0 Å². The molecular formula is C11H10BrN3S. The Kier molecular flexibility index (Phi) is 3.79. The maximum atomic E-state index is 5.76. The van der Waals surface area contributed by atoms with Crippen LogP contribution in [0.15, 0.2) is 46.2 Å². The quantitative estimate of drug-likeness (QED) is 0.884. The van der Waals surface area contributed by atoms with E-state index in [-0.39, 0.29) is 0 Å². The number of nitrogen functional groups attached to an aromatic ring is 1. The van der Waals surface area contributed by atoms with E-state index in [1.54, 1.807) is 24.2 Å². The minimum absolute atomic E-state index is 0.590. The normalized spacial score (nSPS) is 10.3. The van der Waals surface area contributed by atoms with Crippen LogP contribution >= 0.6 is 27.7 Å². The number of aromatic nitrogens is 2. The third-order valence-corrected chi connectivity index (χ3v) is 3.46. The highest BCUT2D eigenvalue weighted by molar-refractivity contribution is 9.10. The molecule has 3 nitrogen and oxygen atoms in total. The first-order valence-electron chi connectivity index (χ1n) is 4.69. The van der Waals surface area contributed by atoms with E-state index in [0.717, 1.165) is 20.8 Å². The van der Waals surface area contributed by atoms with Gasteiger partial charge in [-0.25, -0.2) is 9.97 Å². The highest BCUT2D eigenvalue weighted by Crippen LogP contribution is 2.23. The van der Waals surface area contributed by atoms with Crippen molar-refractivity contribution in [3.63, 3.8) is 0 Å². The Bertz CT molecular complexity index is 473. The van der Waals surface area contributed by atoms with Gasteiger partial charge in [0, 0.05) is 28.2 Å². The number of nitrogens with zero attached hydrogens (tertiary/aromatic N) is 2. The fraction of sp³-hybridized carbons (Fsp3) is 0.0909. The average molecular weight is 296 g/mol. The maximum Gasteiger partial charge on any atom is 0.127 e. The van der Waals surface area contributed by atoms with Gasteiger partial charge in [-0.15, -0.1) is 11.8 Å². The number of anilines is 1. The molecule has 0 saturated heterocycles. The summed E-state index contributed by atoms with van der Waals surface area (Å²) in [5.74, 6) is 1.38. The van der Waals surface area contributed by atoms with Crippen LogP contribution in [-0.4, -0.2) is 9.97 Å². The van der Waals surface area contributed by atoms with Crippen molar-refractivity contribution in [1.82, 2.24) is 9.97 Å². The molecule has 0 amide bonds. The third-order valence-electron chi connectivity index (χ3n) is 2.00. The monoisotopic (exact) mass is 295 g/mol. The van der Waals surface area contributed by atoms with Gasteiger partial charge in [0.05, 0.1) is 5.03 Å². The van der Waals surface area contributed by atoms with Crippen LogP contribution in [0.3, 0.4) is 0 Å². The molecule has 16 heavy (non-hydrogen) atoms. The fourth-order valence-electron chi connectivity index (χ4n) is 1.17. The predicted octanol–water partition coefficient (Wildman–Crippen LogP) is 3.11. The minimum Gasteiger partial charge on any atom is -0.383 e. The van der Waals surface area contributed by atoms with Gasteiger partial charge < -0.3 is 5.73 Å². The van der Waals surface area contributed by atoms with Crippen LogP contribution in [0.5, 0.6) is 0 Å². The molecule has 2 N–H and O–H groups in total. The second-order valence-corrected chi connectivity index (χ2v) is 5.06. The summed E-state index contributed by atoms with van der Waals surface area (Å²) in [6.07, 6.45) is 3.48. The van der Waals surface area contributed by atoms with Gasteiger partial charge in [-0.1, -0.05) is 6.07 Å². The van der Waals surface area contributed by atoms with E-state index >= 15 is 0 Å². The summed E-state index contributed by atoms with van der Waals surface area (Å²) in [5.41, 5.74) is 6.80. The minimum atomic E-state index is 0.590. The van der Waals surface area contributed by atoms with Crippen LogP contribution in [0.4, 0.5) is 5.82 Å². The van der Waals surface area contributed by atoms with E-state index in [0.29, 0.717) is 5.82 Å². The molecule has 0 bridgehead atoms. The molecule has 0 saturated carbocycles. The summed E-state index contributed by atoms with van der Waals surface area (Å²) >= 11 is 5.00. The first-order chi connectivity index (χ1) is 7.75. The number of hydrogen-bond acceptors (Lipinski definition) is 4. The Labute approximate surface area is 107 Å². The summed E-state index contributed by atoms with van der Waals surface area (Å²) < 4.78 is 0.984. The van der Waals surface area contributed by atoms with Crippen molar-refractivity contribution in [2.45, 2.75) is 10.8 Å². The number of pyridine rings is 2. The van der Waals surface area contributed by atoms with Crippen LogP contribution in [0.2, 0.25) is 0 Å². The maximum absolute atomic E-state index is 5.76. The van der Waals surface area contributed by atoms with Crippen molar-refractivity contribution >= 4 is 33.5 Å². The molecule has 82 valence electrons. The molecule has 0 fully saturated rings. The SMILES string of the molecule is Nc1ncccc1CSc1ccc(Br)cn1. The second-order valence-electron chi connectivity index (χ2n) is 3.15. The second kappa shape index (κ2) is 5.32. The van der Waals surface area contributed by atoms with E-state index in [1.807, 2.05) is 24.3 Å². The molecule has 0 aliphatic heterocycles. The van der Waals surface area contributed by atoms with E-state index < -0.39 is 0 Å². The molecule has 5 heteroatoms. The lowest BCUT2D eigenvalue weighted by Crippen LogP contribution is -1.95. The summed E-state index contributed by atoms with van der Waals surface area (Å²) in [7, 11) is 0. The van der Waals surface area contributed by atoms with Gasteiger partial charge in [-0.3, -0.25) is 0 Å². The van der Waals surface area contributed by atoms with E-state index in [2.05, 4.69) is 25.9 Å². The molecule has 0 atom stereocenters. The summed E-state index contributed by atoms with van der Waals surface area (Å²) in [6, 6.07) is 7.82. The smallest absolute Gasteiger partial charge is 0.127 e. The van der Waals surface area contributed by atoms with E-state index in [4.69, 9.17) is 5.73 Å². The molecule has 0 aliphatic carbocycles. The summed E-state index contributed by atoms with van der Waals surface area (Å²) in [5, 5.41) is 0.978. The Hall–Kier alpha value is -1.07. The molecule has 2 aromatic rings. The number of thioether (sulfide) groups is 1. The third kappa shape index (κ3) is 2.96. The standard InChI is InChI=1S/C11H10BrN3S/c12-9-3-4-10(15-6-9)16-7-8-2-1-5-14-11(8)13/h1-6H,7H2,(H2,13,14). The topological polar surface area (TPSA) is 51.8 Å².